The minimum atomic E-state index is -2.21. The Bertz CT molecular complexity index is 1270. The number of methoxy groups -OCH3 is 1. The fourth-order valence-corrected chi connectivity index (χ4v) is 14.2. The summed E-state index contributed by atoms with van der Waals surface area (Å²) in [6, 6.07) is 0. The van der Waals surface area contributed by atoms with Crippen molar-refractivity contribution in [1.82, 2.24) is 0 Å². The van der Waals surface area contributed by atoms with Gasteiger partial charge in [0.25, 0.3) is 0 Å². The van der Waals surface area contributed by atoms with Gasteiger partial charge in [-0.15, -0.1) is 0 Å². The lowest BCUT2D eigenvalue weighted by atomic mass is 9.60. The summed E-state index contributed by atoms with van der Waals surface area (Å²) in [5, 5.41) is 0. The Hall–Kier alpha value is -0.872. The molecule has 1 spiro atoms. The molecule has 0 aromatic carbocycles. The van der Waals surface area contributed by atoms with Gasteiger partial charge in [-0.3, -0.25) is 9.59 Å². The molecule has 0 radical (unpaired) electrons. The molecule has 4 bridgehead atoms. The van der Waals surface area contributed by atoms with Crippen LogP contribution in [-0.4, -0.2) is 81.8 Å². The number of hydrogen-bond donors (Lipinski definition) is 0. The van der Waals surface area contributed by atoms with Gasteiger partial charge in [0.15, 0.2) is 33.3 Å². The highest BCUT2D eigenvalue weighted by Crippen LogP contribution is 2.79. The number of carbonyl (C=O) groups excluding carboxylic acids is 2. The molecule has 0 amide bonds. The van der Waals surface area contributed by atoms with Crippen LogP contribution < -0.4 is 0 Å². The first-order valence-corrected chi connectivity index (χ1v) is 29.8. The van der Waals surface area contributed by atoms with Crippen LogP contribution in [0.1, 0.15) is 19.8 Å². The van der Waals surface area contributed by atoms with E-state index in [1.54, 1.807) is 0 Å². The van der Waals surface area contributed by atoms with Crippen LogP contribution in [0.15, 0.2) is 24.3 Å². The number of esters is 2. The van der Waals surface area contributed by atoms with E-state index in [1.807, 2.05) is 13.0 Å². The SMILES string of the molecule is C=C1C(O[Si](C)(C)C)[C@]23C[C@@]1(O[Si](C)(C)C)[C@@H](O[Si](C)(C)C)CC2[C@@]12C=C[C@H](O[Si](C)(C)C)C(C)(C(=O)O1)C2[C@@H]3C(=O)OC. The Labute approximate surface area is 269 Å². The largest absolute Gasteiger partial charge is 0.469 e. The van der Waals surface area contributed by atoms with Crippen LogP contribution in [-0.2, 0) is 36.8 Å². The Balaban J connectivity index is 1.82. The molecule has 0 aromatic heterocycles. The zero-order chi connectivity index (χ0) is 33.3. The molecular formula is C32H56O8Si4. The van der Waals surface area contributed by atoms with E-state index in [0.29, 0.717) is 12.8 Å². The van der Waals surface area contributed by atoms with Crippen molar-refractivity contribution in [1.29, 1.82) is 0 Å². The first kappa shape index (κ1) is 34.5. The molecule has 1 saturated heterocycles. The van der Waals surface area contributed by atoms with Gasteiger partial charge in [-0.2, -0.15) is 0 Å². The molecule has 0 N–H and O–H groups in total. The summed E-state index contributed by atoms with van der Waals surface area (Å²) in [6.45, 7) is 32.8. The third-order valence-electron chi connectivity index (χ3n) is 10.3. The summed E-state index contributed by atoms with van der Waals surface area (Å²) in [7, 11) is -7.14. The first-order valence-electron chi connectivity index (χ1n) is 16.2. The van der Waals surface area contributed by atoms with Gasteiger partial charge >= 0.3 is 11.9 Å². The molecule has 1 aliphatic heterocycles. The van der Waals surface area contributed by atoms with Crippen LogP contribution in [0.4, 0.5) is 0 Å². The van der Waals surface area contributed by atoms with Gasteiger partial charge < -0.3 is 27.2 Å². The third kappa shape index (κ3) is 5.00. The van der Waals surface area contributed by atoms with E-state index in [2.05, 4.69) is 84.6 Å². The van der Waals surface area contributed by atoms with Gasteiger partial charge in [0.1, 0.15) is 16.6 Å². The number of fused-ring (bicyclic) bond motifs is 1. The average Bonchev–Trinajstić information content (AvgIpc) is 3.24. The van der Waals surface area contributed by atoms with Crippen LogP contribution in [0.25, 0.3) is 0 Å². The van der Waals surface area contributed by atoms with Crippen LogP contribution in [0.2, 0.25) is 78.6 Å². The van der Waals surface area contributed by atoms with Crippen LogP contribution in [0.3, 0.4) is 0 Å². The third-order valence-corrected chi connectivity index (χ3v) is 14.2. The van der Waals surface area contributed by atoms with E-state index in [1.165, 1.54) is 7.11 Å². The summed E-state index contributed by atoms with van der Waals surface area (Å²) < 4.78 is 40.6. The average molecular weight is 681 g/mol. The molecule has 4 fully saturated rings. The lowest BCUT2D eigenvalue weighted by Gasteiger charge is -2.53. The van der Waals surface area contributed by atoms with Gasteiger partial charge in [-0.1, -0.05) is 12.7 Å². The molecule has 4 unspecified atom stereocenters. The maximum Gasteiger partial charge on any atom is 0.316 e. The maximum absolute atomic E-state index is 14.4. The molecule has 12 heteroatoms. The highest BCUT2D eigenvalue weighted by atomic mass is 28.4. The molecule has 44 heavy (non-hydrogen) atoms. The zero-order valence-corrected chi connectivity index (χ0v) is 33.5. The smallest absolute Gasteiger partial charge is 0.316 e. The summed E-state index contributed by atoms with van der Waals surface area (Å²) in [4.78, 5) is 28.6. The van der Waals surface area contributed by atoms with E-state index >= 15 is 0 Å². The summed E-state index contributed by atoms with van der Waals surface area (Å²) >= 11 is 0. The highest BCUT2D eigenvalue weighted by Gasteiger charge is 2.87. The van der Waals surface area contributed by atoms with Crippen LogP contribution >= 0.6 is 0 Å². The topological polar surface area (TPSA) is 89.5 Å². The molecule has 8 nitrogen and oxygen atoms in total. The summed E-state index contributed by atoms with van der Waals surface area (Å²) in [5.41, 5.74) is -2.84. The Kier molecular flexibility index (Phi) is 7.89. The number of rotatable bonds is 9. The van der Waals surface area contributed by atoms with Crippen molar-refractivity contribution in [3.05, 3.63) is 24.3 Å². The quantitative estimate of drug-likeness (QED) is 0.155. The Morgan fingerprint density at radius 1 is 0.909 bits per heavy atom. The second kappa shape index (κ2) is 10.1. The van der Waals surface area contributed by atoms with Crippen LogP contribution in [0.5, 0.6) is 0 Å². The van der Waals surface area contributed by atoms with Crippen LogP contribution in [0, 0.1) is 28.6 Å². The van der Waals surface area contributed by atoms with E-state index < -0.39 is 79.3 Å². The van der Waals surface area contributed by atoms with Crippen molar-refractivity contribution in [3.8, 4) is 0 Å². The molecule has 248 valence electrons. The molecular weight excluding hydrogens is 625 g/mol. The second-order valence-electron chi connectivity index (χ2n) is 18.0. The van der Waals surface area contributed by atoms with E-state index in [4.69, 9.17) is 33.8 Å². The van der Waals surface area contributed by atoms with Gasteiger partial charge in [0, 0.05) is 17.3 Å². The van der Waals surface area contributed by atoms with Gasteiger partial charge in [0.2, 0.25) is 0 Å². The summed E-state index contributed by atoms with van der Waals surface area (Å²) in [5.74, 6) is -2.10. The number of hydrogen-bond acceptors (Lipinski definition) is 8. The first-order chi connectivity index (χ1) is 19.8. The lowest BCUT2D eigenvalue weighted by Crippen LogP contribution is -2.60. The predicted octanol–water partition coefficient (Wildman–Crippen LogP) is 6.49. The normalized spacial score (nSPS) is 43.1. The zero-order valence-electron chi connectivity index (χ0n) is 29.5. The minimum Gasteiger partial charge on any atom is -0.469 e. The monoisotopic (exact) mass is 680 g/mol. The Morgan fingerprint density at radius 3 is 1.98 bits per heavy atom. The molecule has 0 aromatic rings. The van der Waals surface area contributed by atoms with E-state index in [-0.39, 0.29) is 24.0 Å². The molecule has 5 rings (SSSR count). The molecule has 1 heterocycles. The molecule has 5 aliphatic rings. The van der Waals surface area contributed by atoms with Crippen molar-refractivity contribution in [2.45, 2.75) is 128 Å². The molecule has 4 aliphatic carbocycles. The highest BCUT2D eigenvalue weighted by molar-refractivity contribution is 6.71. The van der Waals surface area contributed by atoms with Crippen molar-refractivity contribution in [3.63, 3.8) is 0 Å². The lowest BCUT2D eigenvalue weighted by molar-refractivity contribution is -0.173. The van der Waals surface area contributed by atoms with Crippen molar-refractivity contribution >= 4 is 45.2 Å². The van der Waals surface area contributed by atoms with Crippen molar-refractivity contribution in [2.24, 2.45) is 28.6 Å². The fourth-order valence-electron chi connectivity index (χ4n) is 9.51. The molecule has 3 saturated carbocycles. The predicted molar refractivity (Wildman–Crippen MR) is 181 cm³/mol. The number of ether oxygens (including phenoxy) is 2. The second-order valence-corrected chi connectivity index (χ2v) is 35.9. The Morgan fingerprint density at radius 2 is 1.48 bits per heavy atom. The van der Waals surface area contributed by atoms with Gasteiger partial charge in [0.05, 0.1) is 31.3 Å². The minimum absolute atomic E-state index is 0.265. The van der Waals surface area contributed by atoms with Gasteiger partial charge in [-0.05, 0) is 110 Å². The van der Waals surface area contributed by atoms with E-state index in [0.717, 1.165) is 5.57 Å². The number of carbonyl (C=O) groups is 2. The van der Waals surface area contributed by atoms with Crippen molar-refractivity contribution < 1.29 is 36.8 Å². The fraction of sp³-hybridized carbons (Fsp3) is 0.812. The van der Waals surface area contributed by atoms with E-state index in [9.17, 15) is 9.59 Å². The maximum atomic E-state index is 14.4. The van der Waals surface area contributed by atoms with Crippen molar-refractivity contribution in [2.75, 3.05) is 7.11 Å². The molecule has 10 atom stereocenters. The standard InChI is InChI=1S/C32H56O8Si4/c1-20-26(39-43(10,11)12)30-19-32(20,40-44(13,14)15)23(38-42(7,8)9)18-21(30)31-17-16-22(37-41(4,5)6)29(2,28(34)36-31)25(31)24(30)27(33)35-3/h16-17,21-26H,1,18-19H2,2-15H3/t21?,22-,23-,24+,25?,26?,29?,30+,31+,32-/m0/s1. The van der Waals surface area contributed by atoms with Gasteiger partial charge in [-0.25, -0.2) is 0 Å². The summed E-state index contributed by atoms with van der Waals surface area (Å²) in [6.07, 6.45) is 3.87.